The van der Waals surface area contributed by atoms with Gasteiger partial charge in [0, 0.05) is 36.3 Å². The van der Waals surface area contributed by atoms with E-state index in [4.69, 9.17) is 4.74 Å². The first-order valence-electron chi connectivity index (χ1n) is 10.00. The SMILES string of the molecule is Cc1ccc(C(=O)CCCn2nnc(-c3ccc(N4CCOCC4)cc3)n2)cc1. The number of rotatable bonds is 7. The van der Waals surface area contributed by atoms with E-state index >= 15 is 0 Å². The number of carbonyl (C=O) groups is 1. The summed E-state index contributed by atoms with van der Waals surface area (Å²) in [6.45, 7) is 5.94. The molecular weight excluding hydrogens is 366 g/mol. The van der Waals surface area contributed by atoms with Crippen molar-refractivity contribution in [1.29, 1.82) is 0 Å². The molecule has 0 bridgehead atoms. The normalized spacial score (nSPS) is 14.2. The lowest BCUT2D eigenvalue weighted by atomic mass is 10.1. The summed E-state index contributed by atoms with van der Waals surface area (Å²) in [6.07, 6.45) is 1.15. The number of carbonyl (C=O) groups excluding carboxylic acids is 1. The molecule has 7 heteroatoms. The van der Waals surface area contributed by atoms with Crippen LogP contribution in [0.25, 0.3) is 11.4 Å². The van der Waals surface area contributed by atoms with E-state index in [1.165, 1.54) is 5.69 Å². The second kappa shape index (κ2) is 8.96. The standard InChI is InChI=1S/C22H25N5O2/c1-17-4-6-18(7-5-17)21(28)3-2-12-27-24-22(23-25-27)19-8-10-20(11-9-19)26-13-15-29-16-14-26/h4-11H,2-3,12-16H2,1H3. The predicted octanol–water partition coefficient (Wildman–Crippen LogP) is 3.15. The Labute approximate surface area is 170 Å². The van der Waals surface area contributed by atoms with E-state index in [1.807, 2.05) is 43.3 Å². The van der Waals surface area contributed by atoms with E-state index in [0.717, 1.165) is 43.0 Å². The maximum Gasteiger partial charge on any atom is 0.204 e. The van der Waals surface area contributed by atoms with Gasteiger partial charge in [0.25, 0.3) is 0 Å². The monoisotopic (exact) mass is 391 g/mol. The Balaban J connectivity index is 1.31. The topological polar surface area (TPSA) is 73.1 Å². The van der Waals surface area contributed by atoms with E-state index in [-0.39, 0.29) is 5.78 Å². The van der Waals surface area contributed by atoms with Crippen LogP contribution in [-0.4, -0.2) is 52.3 Å². The van der Waals surface area contributed by atoms with Gasteiger partial charge in [0.15, 0.2) is 5.78 Å². The highest BCUT2D eigenvalue weighted by atomic mass is 16.5. The zero-order valence-electron chi connectivity index (χ0n) is 16.6. The van der Waals surface area contributed by atoms with E-state index in [9.17, 15) is 4.79 Å². The molecule has 0 aliphatic carbocycles. The number of nitrogens with zero attached hydrogens (tertiary/aromatic N) is 5. The number of aryl methyl sites for hydroxylation is 2. The van der Waals surface area contributed by atoms with Gasteiger partial charge in [-0.2, -0.15) is 4.80 Å². The van der Waals surface area contributed by atoms with Crippen LogP contribution < -0.4 is 4.90 Å². The molecular formula is C22H25N5O2. The number of benzene rings is 2. The summed E-state index contributed by atoms with van der Waals surface area (Å²) in [7, 11) is 0. The summed E-state index contributed by atoms with van der Waals surface area (Å²) >= 11 is 0. The number of aromatic nitrogens is 4. The van der Waals surface area contributed by atoms with Gasteiger partial charge in [-0.25, -0.2) is 0 Å². The fourth-order valence-corrected chi connectivity index (χ4v) is 3.36. The van der Waals surface area contributed by atoms with Crippen LogP contribution in [0.3, 0.4) is 0 Å². The first-order chi connectivity index (χ1) is 14.2. The van der Waals surface area contributed by atoms with Crippen molar-refractivity contribution in [2.24, 2.45) is 0 Å². The average molecular weight is 391 g/mol. The maximum atomic E-state index is 12.3. The molecule has 2 aromatic carbocycles. The zero-order valence-corrected chi connectivity index (χ0v) is 16.6. The number of hydrogen-bond donors (Lipinski definition) is 0. The fourth-order valence-electron chi connectivity index (χ4n) is 3.36. The van der Waals surface area contributed by atoms with Crippen molar-refractivity contribution in [3.05, 3.63) is 59.7 Å². The lowest BCUT2D eigenvalue weighted by Crippen LogP contribution is -2.36. The Kier molecular flexibility index (Phi) is 5.95. The Morgan fingerprint density at radius 2 is 1.76 bits per heavy atom. The number of Topliss-reactive ketones (excluding diaryl/α,β-unsaturated/α-hetero) is 1. The molecule has 0 saturated carbocycles. The minimum Gasteiger partial charge on any atom is -0.378 e. The van der Waals surface area contributed by atoms with Crippen molar-refractivity contribution in [3.8, 4) is 11.4 Å². The minimum absolute atomic E-state index is 0.143. The molecule has 0 N–H and O–H groups in total. The van der Waals surface area contributed by atoms with Crippen molar-refractivity contribution in [3.63, 3.8) is 0 Å². The Bertz CT molecular complexity index is 944. The van der Waals surface area contributed by atoms with Crippen molar-refractivity contribution >= 4 is 11.5 Å². The van der Waals surface area contributed by atoms with Gasteiger partial charge in [-0.3, -0.25) is 4.79 Å². The van der Waals surface area contributed by atoms with Crippen LogP contribution in [-0.2, 0) is 11.3 Å². The number of ketones is 1. The summed E-state index contributed by atoms with van der Waals surface area (Å²) in [5.74, 6) is 0.743. The average Bonchev–Trinajstić information content (AvgIpc) is 3.24. The third-order valence-electron chi connectivity index (χ3n) is 5.09. The molecule has 2 heterocycles. The smallest absolute Gasteiger partial charge is 0.204 e. The quantitative estimate of drug-likeness (QED) is 0.576. The molecule has 0 spiro atoms. The Morgan fingerprint density at radius 3 is 2.48 bits per heavy atom. The lowest BCUT2D eigenvalue weighted by molar-refractivity contribution is 0.0977. The molecule has 0 unspecified atom stereocenters. The summed E-state index contributed by atoms with van der Waals surface area (Å²) in [5, 5.41) is 12.7. The molecule has 1 aromatic heterocycles. The van der Waals surface area contributed by atoms with Gasteiger partial charge in [0.2, 0.25) is 5.82 Å². The maximum absolute atomic E-state index is 12.3. The third kappa shape index (κ3) is 4.86. The number of morpholine rings is 1. The minimum atomic E-state index is 0.143. The first-order valence-corrected chi connectivity index (χ1v) is 10.00. The Hall–Kier alpha value is -3.06. The lowest BCUT2D eigenvalue weighted by Gasteiger charge is -2.28. The predicted molar refractivity (Wildman–Crippen MR) is 111 cm³/mol. The van der Waals surface area contributed by atoms with E-state index in [2.05, 4.69) is 32.4 Å². The van der Waals surface area contributed by atoms with Crippen molar-refractivity contribution < 1.29 is 9.53 Å². The molecule has 1 saturated heterocycles. The van der Waals surface area contributed by atoms with Gasteiger partial charge in [0.1, 0.15) is 0 Å². The molecule has 0 atom stereocenters. The van der Waals surface area contributed by atoms with Crippen LogP contribution >= 0.6 is 0 Å². The largest absolute Gasteiger partial charge is 0.378 e. The second-order valence-corrected chi connectivity index (χ2v) is 7.25. The number of tetrazole rings is 1. The van der Waals surface area contributed by atoms with Crippen molar-refractivity contribution in [2.75, 3.05) is 31.2 Å². The summed E-state index contributed by atoms with van der Waals surface area (Å²) in [6, 6.07) is 15.9. The van der Waals surface area contributed by atoms with Gasteiger partial charge in [-0.1, -0.05) is 29.8 Å². The number of anilines is 1. The zero-order chi connectivity index (χ0) is 20.1. The number of hydrogen-bond acceptors (Lipinski definition) is 6. The molecule has 150 valence electrons. The third-order valence-corrected chi connectivity index (χ3v) is 5.09. The molecule has 7 nitrogen and oxygen atoms in total. The van der Waals surface area contributed by atoms with Gasteiger partial charge in [-0.15, -0.1) is 10.2 Å². The van der Waals surface area contributed by atoms with Gasteiger partial charge >= 0.3 is 0 Å². The highest BCUT2D eigenvalue weighted by Crippen LogP contribution is 2.21. The Morgan fingerprint density at radius 1 is 1.03 bits per heavy atom. The summed E-state index contributed by atoms with van der Waals surface area (Å²) < 4.78 is 5.40. The molecule has 3 aromatic rings. The van der Waals surface area contributed by atoms with Crippen molar-refractivity contribution in [1.82, 2.24) is 20.2 Å². The molecule has 1 fully saturated rings. The van der Waals surface area contributed by atoms with Crippen LogP contribution in [0, 0.1) is 6.92 Å². The van der Waals surface area contributed by atoms with Crippen molar-refractivity contribution in [2.45, 2.75) is 26.3 Å². The van der Waals surface area contributed by atoms with Gasteiger partial charge < -0.3 is 9.64 Å². The molecule has 1 aliphatic rings. The van der Waals surface area contributed by atoms with Gasteiger partial charge in [-0.05, 0) is 42.8 Å². The summed E-state index contributed by atoms with van der Waals surface area (Å²) in [5.41, 5.74) is 4.02. The second-order valence-electron chi connectivity index (χ2n) is 7.25. The van der Waals surface area contributed by atoms with Crippen LogP contribution in [0.1, 0.15) is 28.8 Å². The molecule has 0 amide bonds. The highest BCUT2D eigenvalue weighted by Gasteiger charge is 2.12. The molecule has 29 heavy (non-hydrogen) atoms. The van der Waals surface area contributed by atoms with E-state index < -0.39 is 0 Å². The van der Waals surface area contributed by atoms with Crippen LogP contribution in [0.4, 0.5) is 5.69 Å². The first kappa shape index (κ1) is 19.3. The van der Waals surface area contributed by atoms with Crippen LogP contribution in [0.2, 0.25) is 0 Å². The summed E-state index contributed by atoms with van der Waals surface area (Å²) in [4.78, 5) is 16.1. The van der Waals surface area contributed by atoms with Gasteiger partial charge in [0.05, 0.1) is 19.8 Å². The van der Waals surface area contributed by atoms with Crippen LogP contribution in [0.5, 0.6) is 0 Å². The number of ether oxygens (including phenoxy) is 1. The molecule has 4 rings (SSSR count). The molecule has 0 radical (unpaired) electrons. The van der Waals surface area contributed by atoms with E-state index in [1.54, 1.807) is 4.80 Å². The highest BCUT2D eigenvalue weighted by molar-refractivity contribution is 5.96. The molecule has 1 aliphatic heterocycles. The van der Waals surface area contributed by atoms with E-state index in [0.29, 0.717) is 25.2 Å². The van der Waals surface area contributed by atoms with Crippen LogP contribution in [0.15, 0.2) is 48.5 Å². The fraction of sp³-hybridized carbons (Fsp3) is 0.364.